The lowest BCUT2D eigenvalue weighted by Gasteiger charge is -2.48. The predicted molar refractivity (Wildman–Crippen MR) is 82.7 cm³/mol. The molecule has 21 heavy (non-hydrogen) atoms. The number of hydrogen-bond donors (Lipinski definition) is 1. The fourth-order valence-electron chi connectivity index (χ4n) is 5.29. The number of aliphatic hydroxyl groups is 1. The molecule has 4 rings (SSSR count). The molecule has 0 spiro atoms. The minimum atomic E-state index is -0.150. The first kappa shape index (κ1) is 13.5. The third-order valence-corrected chi connectivity index (χ3v) is 6.86. The molecule has 4 atom stereocenters. The zero-order valence-corrected chi connectivity index (χ0v) is 13.0. The quantitative estimate of drug-likeness (QED) is 0.736. The van der Waals surface area contributed by atoms with Crippen LogP contribution in [0.5, 0.6) is 0 Å². The molecule has 1 fully saturated rings. The number of ketones is 1. The van der Waals surface area contributed by atoms with Gasteiger partial charge in [0.05, 0.1) is 6.10 Å². The van der Waals surface area contributed by atoms with Gasteiger partial charge in [0, 0.05) is 17.3 Å². The molecule has 0 amide bonds. The van der Waals surface area contributed by atoms with Crippen LogP contribution in [0.2, 0.25) is 0 Å². The second-order valence-electron chi connectivity index (χ2n) is 7.82. The minimum absolute atomic E-state index is 0.0608. The molecule has 1 N–H and O–H groups in total. The Morgan fingerprint density at radius 3 is 2.76 bits per heavy atom. The summed E-state index contributed by atoms with van der Waals surface area (Å²) in [5.74, 6) is 0.775. The molecule has 1 unspecified atom stereocenters. The standard InChI is InChI=1S/C19H24O2/c1-18-9-7-13(20)11-12(18)3-4-14-15-5-6-17(21)19(15,2)10-8-16(14)18/h3-4,11,15,17,21H,5-10H2,1-2H3/t15?,17-,18-,19-/m0/s1. The van der Waals surface area contributed by atoms with E-state index in [1.54, 1.807) is 5.57 Å². The van der Waals surface area contributed by atoms with Crippen molar-refractivity contribution in [2.24, 2.45) is 16.7 Å². The Morgan fingerprint density at radius 1 is 1.14 bits per heavy atom. The number of carbonyl (C=O) groups excluding carboxylic acids is 1. The maximum Gasteiger partial charge on any atom is 0.156 e. The highest BCUT2D eigenvalue weighted by atomic mass is 16.3. The third-order valence-electron chi connectivity index (χ3n) is 6.86. The van der Waals surface area contributed by atoms with E-state index in [9.17, 15) is 9.90 Å². The summed E-state index contributed by atoms with van der Waals surface area (Å²) in [5, 5.41) is 10.4. The van der Waals surface area contributed by atoms with Crippen LogP contribution in [-0.2, 0) is 4.79 Å². The second-order valence-corrected chi connectivity index (χ2v) is 7.82. The first-order valence-corrected chi connectivity index (χ1v) is 8.30. The number of carbonyl (C=O) groups is 1. The van der Waals surface area contributed by atoms with E-state index >= 15 is 0 Å². The van der Waals surface area contributed by atoms with Crippen molar-refractivity contribution in [2.75, 3.05) is 0 Å². The van der Waals surface area contributed by atoms with E-state index in [1.165, 1.54) is 11.1 Å². The normalized spacial score (nSPS) is 45.1. The van der Waals surface area contributed by atoms with Gasteiger partial charge in [0.25, 0.3) is 0 Å². The van der Waals surface area contributed by atoms with Crippen molar-refractivity contribution < 1.29 is 9.90 Å². The molecule has 0 aromatic rings. The Kier molecular flexibility index (Phi) is 2.70. The lowest BCUT2D eigenvalue weighted by Crippen LogP contribution is -2.40. The van der Waals surface area contributed by atoms with Crippen molar-refractivity contribution in [1.82, 2.24) is 0 Å². The fraction of sp³-hybridized carbons (Fsp3) is 0.632. The summed E-state index contributed by atoms with van der Waals surface area (Å²) in [7, 11) is 0. The number of rotatable bonds is 0. The molecule has 0 aliphatic heterocycles. The zero-order chi connectivity index (χ0) is 14.8. The van der Waals surface area contributed by atoms with Crippen LogP contribution in [0.15, 0.2) is 34.9 Å². The van der Waals surface area contributed by atoms with E-state index < -0.39 is 0 Å². The fourth-order valence-corrected chi connectivity index (χ4v) is 5.29. The van der Waals surface area contributed by atoms with Gasteiger partial charge in [0.1, 0.15) is 0 Å². The number of fused-ring (bicyclic) bond motifs is 4. The van der Waals surface area contributed by atoms with Crippen LogP contribution < -0.4 is 0 Å². The molecule has 0 aromatic heterocycles. The molecule has 0 saturated heterocycles. The third kappa shape index (κ3) is 1.66. The van der Waals surface area contributed by atoms with Crippen LogP contribution in [-0.4, -0.2) is 17.0 Å². The van der Waals surface area contributed by atoms with E-state index in [1.807, 2.05) is 6.08 Å². The number of hydrogen-bond acceptors (Lipinski definition) is 2. The maximum atomic E-state index is 11.7. The SMILES string of the molecule is C[C@]12CCC(=O)C=C1C=CC1=C2CC[C@@]2(C)C1CC[C@@H]2O. The molecule has 0 bridgehead atoms. The largest absolute Gasteiger partial charge is 0.393 e. The first-order valence-electron chi connectivity index (χ1n) is 8.30. The van der Waals surface area contributed by atoms with E-state index in [0.717, 1.165) is 32.1 Å². The molecule has 2 nitrogen and oxygen atoms in total. The Morgan fingerprint density at radius 2 is 1.95 bits per heavy atom. The van der Waals surface area contributed by atoms with E-state index in [0.29, 0.717) is 12.3 Å². The molecule has 4 aliphatic carbocycles. The summed E-state index contributed by atoms with van der Waals surface area (Å²) in [4.78, 5) is 11.7. The molecule has 0 aromatic carbocycles. The van der Waals surface area contributed by atoms with Crippen LogP contribution in [0.25, 0.3) is 0 Å². The van der Waals surface area contributed by atoms with Crippen LogP contribution in [0.1, 0.15) is 52.4 Å². The Hall–Kier alpha value is -1.15. The molecule has 1 saturated carbocycles. The van der Waals surface area contributed by atoms with Gasteiger partial charge in [-0.05, 0) is 55.2 Å². The lowest BCUT2D eigenvalue weighted by atomic mass is 9.56. The van der Waals surface area contributed by atoms with Crippen molar-refractivity contribution in [3.05, 3.63) is 34.9 Å². The Bertz CT molecular complexity index is 609. The molecule has 4 aliphatic rings. The average molecular weight is 284 g/mol. The van der Waals surface area contributed by atoms with Gasteiger partial charge >= 0.3 is 0 Å². The van der Waals surface area contributed by atoms with Crippen molar-refractivity contribution in [3.8, 4) is 0 Å². The van der Waals surface area contributed by atoms with Crippen LogP contribution in [0, 0.1) is 16.7 Å². The minimum Gasteiger partial charge on any atom is -0.393 e. The van der Waals surface area contributed by atoms with Crippen molar-refractivity contribution in [1.29, 1.82) is 0 Å². The Balaban J connectivity index is 1.82. The highest BCUT2D eigenvalue weighted by Crippen LogP contribution is 2.60. The zero-order valence-electron chi connectivity index (χ0n) is 13.0. The predicted octanol–water partition coefficient (Wildman–Crippen LogP) is 3.72. The van der Waals surface area contributed by atoms with Crippen LogP contribution >= 0.6 is 0 Å². The van der Waals surface area contributed by atoms with Gasteiger partial charge in [0.2, 0.25) is 0 Å². The van der Waals surface area contributed by atoms with Gasteiger partial charge < -0.3 is 5.11 Å². The van der Waals surface area contributed by atoms with Gasteiger partial charge in [-0.1, -0.05) is 31.6 Å². The summed E-state index contributed by atoms with van der Waals surface area (Å²) in [6.07, 6.45) is 12.0. The second kappa shape index (κ2) is 4.19. The first-order chi connectivity index (χ1) is 9.95. The summed E-state index contributed by atoms with van der Waals surface area (Å²) in [6, 6.07) is 0. The van der Waals surface area contributed by atoms with Gasteiger partial charge in [-0.15, -0.1) is 0 Å². The molecular formula is C19H24O2. The molecule has 0 heterocycles. The van der Waals surface area contributed by atoms with Gasteiger partial charge in [-0.25, -0.2) is 0 Å². The van der Waals surface area contributed by atoms with E-state index in [4.69, 9.17) is 0 Å². The monoisotopic (exact) mass is 284 g/mol. The summed E-state index contributed by atoms with van der Waals surface area (Å²) in [6.45, 7) is 4.59. The average Bonchev–Trinajstić information content (AvgIpc) is 2.76. The highest BCUT2D eigenvalue weighted by molar-refractivity contribution is 5.92. The van der Waals surface area contributed by atoms with Gasteiger partial charge in [0.15, 0.2) is 5.78 Å². The maximum absolute atomic E-state index is 11.7. The number of allylic oxidation sites excluding steroid dienone is 6. The number of aliphatic hydroxyl groups excluding tert-OH is 1. The Labute approximate surface area is 126 Å². The lowest BCUT2D eigenvalue weighted by molar-refractivity contribution is -0.115. The molecular weight excluding hydrogens is 260 g/mol. The van der Waals surface area contributed by atoms with Gasteiger partial charge in [-0.3, -0.25) is 4.79 Å². The van der Waals surface area contributed by atoms with Crippen molar-refractivity contribution in [3.63, 3.8) is 0 Å². The highest BCUT2D eigenvalue weighted by Gasteiger charge is 2.52. The van der Waals surface area contributed by atoms with E-state index in [2.05, 4.69) is 26.0 Å². The molecule has 2 heteroatoms. The molecule has 0 radical (unpaired) electrons. The topological polar surface area (TPSA) is 37.3 Å². The van der Waals surface area contributed by atoms with Crippen LogP contribution in [0.3, 0.4) is 0 Å². The molecule has 112 valence electrons. The van der Waals surface area contributed by atoms with Crippen LogP contribution in [0.4, 0.5) is 0 Å². The van der Waals surface area contributed by atoms with Gasteiger partial charge in [-0.2, -0.15) is 0 Å². The smallest absolute Gasteiger partial charge is 0.156 e. The van der Waals surface area contributed by atoms with Crippen molar-refractivity contribution >= 4 is 5.78 Å². The summed E-state index contributed by atoms with van der Waals surface area (Å²) in [5.41, 5.74) is 4.37. The summed E-state index contributed by atoms with van der Waals surface area (Å²) < 4.78 is 0. The summed E-state index contributed by atoms with van der Waals surface area (Å²) >= 11 is 0. The van der Waals surface area contributed by atoms with E-state index in [-0.39, 0.29) is 22.7 Å². The van der Waals surface area contributed by atoms with Crippen molar-refractivity contribution in [2.45, 2.75) is 58.5 Å².